The molecule has 1 amide bonds. The number of para-hydroxylation sites is 1. The van der Waals surface area contributed by atoms with Gasteiger partial charge in [0.1, 0.15) is 5.75 Å². The van der Waals surface area contributed by atoms with Gasteiger partial charge >= 0.3 is 0 Å². The fourth-order valence-corrected chi connectivity index (χ4v) is 3.04. The molecule has 1 saturated heterocycles. The van der Waals surface area contributed by atoms with Crippen LogP contribution < -0.4 is 10.5 Å². The van der Waals surface area contributed by atoms with E-state index in [0.717, 1.165) is 37.2 Å². The molecule has 2 unspecified atom stereocenters. The number of hydrogen-bond donors (Lipinski definition) is 1. The lowest BCUT2D eigenvalue weighted by Crippen LogP contribution is -2.36. The lowest BCUT2D eigenvalue weighted by Gasteiger charge is -2.28. The molecular weight excluding hydrogens is 240 g/mol. The highest BCUT2D eigenvalue weighted by atomic mass is 16.5. The second-order valence-electron chi connectivity index (χ2n) is 5.40. The van der Waals surface area contributed by atoms with Gasteiger partial charge in [-0.3, -0.25) is 4.79 Å². The first-order valence-corrected chi connectivity index (χ1v) is 7.00. The Morgan fingerprint density at radius 2 is 2.21 bits per heavy atom. The van der Waals surface area contributed by atoms with Crippen molar-refractivity contribution in [2.45, 2.75) is 18.8 Å². The minimum Gasteiger partial charge on any atom is -0.493 e. The van der Waals surface area contributed by atoms with Crippen LogP contribution in [0.25, 0.3) is 0 Å². The number of benzene rings is 1. The fourth-order valence-electron chi connectivity index (χ4n) is 3.04. The number of ether oxygens (including phenoxy) is 1. The highest BCUT2D eigenvalue weighted by Gasteiger charge is 2.34. The van der Waals surface area contributed by atoms with Crippen molar-refractivity contribution in [1.82, 2.24) is 4.90 Å². The van der Waals surface area contributed by atoms with Crippen LogP contribution in [-0.4, -0.2) is 37.0 Å². The maximum atomic E-state index is 12.7. The molecule has 19 heavy (non-hydrogen) atoms. The first kappa shape index (κ1) is 12.5. The Morgan fingerprint density at radius 3 is 3.00 bits per heavy atom. The van der Waals surface area contributed by atoms with Crippen LogP contribution in [0.3, 0.4) is 0 Å². The number of nitrogens with two attached hydrogens (primary N) is 1. The molecule has 1 aromatic rings. The van der Waals surface area contributed by atoms with Crippen LogP contribution >= 0.6 is 0 Å². The average Bonchev–Trinajstić information content (AvgIpc) is 2.95. The topological polar surface area (TPSA) is 55.6 Å². The molecule has 2 aliphatic rings. The van der Waals surface area contributed by atoms with Gasteiger partial charge in [0.15, 0.2) is 0 Å². The number of fused-ring (bicyclic) bond motifs is 1. The molecule has 2 N–H and O–H groups in total. The van der Waals surface area contributed by atoms with Crippen molar-refractivity contribution in [2.24, 2.45) is 11.7 Å². The van der Waals surface area contributed by atoms with Crippen LogP contribution in [0.2, 0.25) is 0 Å². The van der Waals surface area contributed by atoms with E-state index in [1.807, 2.05) is 29.2 Å². The van der Waals surface area contributed by atoms with E-state index in [4.69, 9.17) is 10.5 Å². The molecule has 0 spiro atoms. The van der Waals surface area contributed by atoms with Gasteiger partial charge in [-0.15, -0.1) is 0 Å². The van der Waals surface area contributed by atoms with Crippen LogP contribution in [0.15, 0.2) is 24.3 Å². The molecule has 0 bridgehead atoms. The van der Waals surface area contributed by atoms with Gasteiger partial charge in [0, 0.05) is 18.7 Å². The number of rotatable bonds is 2. The summed E-state index contributed by atoms with van der Waals surface area (Å²) in [5, 5.41) is 0. The summed E-state index contributed by atoms with van der Waals surface area (Å²) >= 11 is 0. The monoisotopic (exact) mass is 260 g/mol. The van der Waals surface area contributed by atoms with Crippen LogP contribution in [0.5, 0.6) is 5.75 Å². The number of nitrogens with zero attached hydrogens (tertiary/aromatic N) is 1. The number of amides is 1. The van der Waals surface area contributed by atoms with Gasteiger partial charge < -0.3 is 15.4 Å². The first-order chi connectivity index (χ1) is 9.29. The fraction of sp³-hybridized carbons (Fsp3) is 0.533. The Morgan fingerprint density at radius 1 is 1.37 bits per heavy atom. The molecular formula is C15H20N2O2. The molecule has 4 heteroatoms. The zero-order valence-electron chi connectivity index (χ0n) is 11.0. The number of likely N-dealkylation sites (tertiary alicyclic amines) is 1. The van der Waals surface area contributed by atoms with Gasteiger partial charge in [0.05, 0.1) is 12.5 Å². The molecule has 1 fully saturated rings. The van der Waals surface area contributed by atoms with Crippen molar-refractivity contribution in [3.63, 3.8) is 0 Å². The predicted octanol–water partition coefficient (Wildman–Crippen LogP) is 1.36. The summed E-state index contributed by atoms with van der Waals surface area (Å²) in [6.45, 7) is 2.96. The molecule has 3 rings (SSSR count). The number of carbonyl (C=O) groups excluding carboxylic acids is 1. The van der Waals surface area contributed by atoms with Gasteiger partial charge in [0.2, 0.25) is 5.91 Å². The molecule has 0 saturated carbocycles. The maximum Gasteiger partial charge on any atom is 0.230 e. The van der Waals surface area contributed by atoms with E-state index in [-0.39, 0.29) is 11.8 Å². The first-order valence-electron chi connectivity index (χ1n) is 7.00. The van der Waals surface area contributed by atoms with E-state index in [9.17, 15) is 4.79 Å². The summed E-state index contributed by atoms with van der Waals surface area (Å²) in [5.74, 6) is 1.54. The third-order valence-electron chi connectivity index (χ3n) is 4.19. The Bertz CT molecular complexity index is 475. The highest BCUT2D eigenvalue weighted by Crippen LogP contribution is 2.35. The molecule has 2 atom stereocenters. The van der Waals surface area contributed by atoms with Crippen molar-refractivity contribution in [2.75, 3.05) is 26.2 Å². The summed E-state index contributed by atoms with van der Waals surface area (Å²) in [6, 6.07) is 7.88. The maximum absolute atomic E-state index is 12.7. The second kappa shape index (κ2) is 5.21. The smallest absolute Gasteiger partial charge is 0.230 e. The minimum absolute atomic E-state index is 0.0403. The third kappa shape index (κ3) is 2.32. The Kier molecular flexibility index (Phi) is 3.42. The minimum atomic E-state index is -0.0403. The van der Waals surface area contributed by atoms with Crippen molar-refractivity contribution in [1.29, 1.82) is 0 Å². The van der Waals surface area contributed by atoms with Crippen molar-refractivity contribution in [3.05, 3.63) is 29.8 Å². The van der Waals surface area contributed by atoms with E-state index in [1.165, 1.54) is 0 Å². The molecule has 0 aromatic heterocycles. The Hall–Kier alpha value is -1.55. The van der Waals surface area contributed by atoms with Crippen molar-refractivity contribution < 1.29 is 9.53 Å². The lowest BCUT2D eigenvalue weighted by molar-refractivity contribution is -0.132. The lowest BCUT2D eigenvalue weighted by atomic mass is 9.92. The quantitative estimate of drug-likeness (QED) is 0.873. The predicted molar refractivity (Wildman–Crippen MR) is 73.0 cm³/mol. The molecule has 102 valence electrons. The summed E-state index contributed by atoms with van der Waals surface area (Å²) in [5.41, 5.74) is 6.73. The number of hydrogen-bond acceptors (Lipinski definition) is 3. The Labute approximate surface area is 113 Å². The van der Waals surface area contributed by atoms with Gasteiger partial charge in [-0.25, -0.2) is 0 Å². The molecule has 2 heterocycles. The molecule has 0 aliphatic carbocycles. The zero-order valence-corrected chi connectivity index (χ0v) is 11.0. The third-order valence-corrected chi connectivity index (χ3v) is 4.19. The van der Waals surface area contributed by atoms with E-state index in [2.05, 4.69) is 0 Å². The van der Waals surface area contributed by atoms with E-state index in [1.54, 1.807) is 0 Å². The summed E-state index contributed by atoms with van der Waals surface area (Å²) < 4.78 is 5.62. The van der Waals surface area contributed by atoms with Gasteiger partial charge in [-0.05, 0) is 31.4 Å². The van der Waals surface area contributed by atoms with Gasteiger partial charge in [-0.1, -0.05) is 18.2 Å². The van der Waals surface area contributed by atoms with Crippen molar-refractivity contribution >= 4 is 5.91 Å². The molecule has 0 radical (unpaired) electrons. The zero-order chi connectivity index (χ0) is 13.2. The average molecular weight is 260 g/mol. The molecule has 2 aliphatic heterocycles. The summed E-state index contributed by atoms with van der Waals surface area (Å²) in [4.78, 5) is 14.6. The SMILES string of the molecule is NCC1CCN(C(=O)C2CCOc3ccccc32)C1. The largest absolute Gasteiger partial charge is 0.493 e. The Balaban J connectivity index is 1.78. The standard InChI is InChI=1S/C15H20N2O2/c16-9-11-5-7-17(10-11)15(18)13-6-8-19-14-4-2-1-3-12(13)14/h1-4,11,13H,5-10,16H2. The molecule has 4 nitrogen and oxygen atoms in total. The summed E-state index contributed by atoms with van der Waals surface area (Å²) in [6.07, 6.45) is 1.81. The van der Waals surface area contributed by atoms with Gasteiger partial charge in [-0.2, -0.15) is 0 Å². The van der Waals surface area contributed by atoms with Crippen molar-refractivity contribution in [3.8, 4) is 5.75 Å². The highest BCUT2D eigenvalue weighted by molar-refractivity contribution is 5.85. The van der Waals surface area contributed by atoms with Crippen LogP contribution in [0.1, 0.15) is 24.3 Å². The number of carbonyl (C=O) groups is 1. The van der Waals surface area contributed by atoms with E-state index < -0.39 is 0 Å². The second-order valence-corrected chi connectivity index (χ2v) is 5.40. The van der Waals surface area contributed by atoms with Gasteiger partial charge in [0.25, 0.3) is 0 Å². The van der Waals surface area contributed by atoms with E-state index in [0.29, 0.717) is 19.1 Å². The molecule has 1 aromatic carbocycles. The summed E-state index contributed by atoms with van der Waals surface area (Å²) in [7, 11) is 0. The normalized spacial score (nSPS) is 25.8. The van der Waals surface area contributed by atoms with E-state index >= 15 is 0 Å². The van der Waals surface area contributed by atoms with Crippen LogP contribution in [-0.2, 0) is 4.79 Å². The van der Waals surface area contributed by atoms with Crippen LogP contribution in [0, 0.1) is 5.92 Å². The van der Waals surface area contributed by atoms with Crippen LogP contribution in [0.4, 0.5) is 0 Å².